The van der Waals surface area contributed by atoms with Gasteiger partial charge in [-0.05, 0) is 28.8 Å². The summed E-state index contributed by atoms with van der Waals surface area (Å²) in [5.74, 6) is 0.839. The quantitative estimate of drug-likeness (QED) is 0.754. The van der Waals surface area contributed by atoms with Crippen LogP contribution in [0, 0.1) is 0 Å². The van der Waals surface area contributed by atoms with Gasteiger partial charge in [0.1, 0.15) is 12.4 Å². The average molecular weight is 289 g/mol. The summed E-state index contributed by atoms with van der Waals surface area (Å²) in [5.41, 5.74) is 9.61. The first kappa shape index (κ1) is 14.4. The van der Waals surface area contributed by atoms with E-state index in [4.69, 9.17) is 10.5 Å². The summed E-state index contributed by atoms with van der Waals surface area (Å²) in [6.07, 6.45) is 0. The number of nitrogens with two attached hydrogens (primary N) is 1. The van der Waals surface area contributed by atoms with Crippen LogP contribution in [-0.4, -0.2) is 6.61 Å². The van der Waals surface area contributed by atoms with Crippen LogP contribution in [0.15, 0.2) is 84.9 Å². The van der Waals surface area contributed by atoms with Crippen LogP contribution in [0.2, 0.25) is 0 Å². The molecule has 1 atom stereocenters. The molecule has 3 aromatic rings. The molecule has 0 saturated carbocycles. The van der Waals surface area contributed by atoms with Crippen molar-refractivity contribution in [1.29, 1.82) is 0 Å². The summed E-state index contributed by atoms with van der Waals surface area (Å²) >= 11 is 0. The minimum absolute atomic E-state index is 0.116. The van der Waals surface area contributed by atoms with E-state index in [0.29, 0.717) is 6.61 Å². The molecule has 22 heavy (non-hydrogen) atoms. The van der Waals surface area contributed by atoms with Gasteiger partial charge in [-0.1, -0.05) is 72.8 Å². The molecule has 0 aliphatic heterocycles. The van der Waals surface area contributed by atoms with Crippen LogP contribution in [0.25, 0.3) is 11.1 Å². The van der Waals surface area contributed by atoms with E-state index in [1.807, 2.05) is 60.7 Å². The molecule has 3 rings (SSSR count). The largest absolute Gasteiger partial charge is 0.492 e. The molecule has 0 saturated heterocycles. The Kier molecular flexibility index (Phi) is 4.52. The fourth-order valence-electron chi connectivity index (χ4n) is 2.36. The second kappa shape index (κ2) is 6.92. The van der Waals surface area contributed by atoms with Gasteiger partial charge < -0.3 is 10.5 Å². The lowest BCUT2D eigenvalue weighted by Crippen LogP contribution is -2.18. The normalized spacial score (nSPS) is 11.9. The SMILES string of the molecule is NC(COc1ccc(-c2ccccc2)cc1)c1ccccc1. The van der Waals surface area contributed by atoms with Gasteiger partial charge in [0, 0.05) is 0 Å². The zero-order chi connectivity index (χ0) is 15.2. The van der Waals surface area contributed by atoms with E-state index in [9.17, 15) is 0 Å². The molecule has 0 bridgehead atoms. The van der Waals surface area contributed by atoms with Crippen LogP contribution in [0.1, 0.15) is 11.6 Å². The fraction of sp³-hybridized carbons (Fsp3) is 0.100. The Morgan fingerprint density at radius 2 is 1.23 bits per heavy atom. The van der Waals surface area contributed by atoms with Crippen molar-refractivity contribution in [1.82, 2.24) is 0 Å². The van der Waals surface area contributed by atoms with Crippen molar-refractivity contribution in [2.24, 2.45) is 5.73 Å². The maximum atomic E-state index is 6.14. The van der Waals surface area contributed by atoms with Gasteiger partial charge >= 0.3 is 0 Å². The van der Waals surface area contributed by atoms with Crippen LogP contribution in [0.5, 0.6) is 5.75 Å². The van der Waals surface area contributed by atoms with Gasteiger partial charge in [0.15, 0.2) is 0 Å². The Bertz CT molecular complexity index is 693. The van der Waals surface area contributed by atoms with E-state index in [1.165, 1.54) is 11.1 Å². The van der Waals surface area contributed by atoms with Crippen molar-refractivity contribution in [3.8, 4) is 16.9 Å². The highest BCUT2D eigenvalue weighted by molar-refractivity contribution is 5.63. The van der Waals surface area contributed by atoms with E-state index in [1.54, 1.807) is 0 Å². The minimum atomic E-state index is -0.116. The third-order valence-corrected chi connectivity index (χ3v) is 3.62. The molecule has 2 N–H and O–H groups in total. The Hall–Kier alpha value is -2.58. The lowest BCUT2D eigenvalue weighted by molar-refractivity contribution is 0.290. The molecule has 0 spiro atoms. The maximum Gasteiger partial charge on any atom is 0.119 e. The van der Waals surface area contributed by atoms with E-state index in [-0.39, 0.29) is 6.04 Å². The minimum Gasteiger partial charge on any atom is -0.492 e. The van der Waals surface area contributed by atoms with Crippen molar-refractivity contribution in [3.05, 3.63) is 90.5 Å². The highest BCUT2D eigenvalue weighted by Gasteiger charge is 2.06. The highest BCUT2D eigenvalue weighted by Crippen LogP contribution is 2.22. The zero-order valence-electron chi connectivity index (χ0n) is 12.4. The van der Waals surface area contributed by atoms with Gasteiger partial charge in [-0.3, -0.25) is 0 Å². The van der Waals surface area contributed by atoms with E-state index in [2.05, 4.69) is 24.3 Å². The molecular weight excluding hydrogens is 270 g/mol. The summed E-state index contributed by atoms with van der Waals surface area (Å²) < 4.78 is 5.79. The average Bonchev–Trinajstić information content (AvgIpc) is 2.61. The van der Waals surface area contributed by atoms with Gasteiger partial charge in [-0.2, -0.15) is 0 Å². The number of benzene rings is 3. The molecule has 3 aromatic carbocycles. The van der Waals surface area contributed by atoms with Crippen LogP contribution in [0.3, 0.4) is 0 Å². The molecule has 2 nitrogen and oxygen atoms in total. The molecule has 2 heteroatoms. The van der Waals surface area contributed by atoms with E-state index in [0.717, 1.165) is 11.3 Å². The predicted octanol–water partition coefficient (Wildman–Crippen LogP) is 4.43. The van der Waals surface area contributed by atoms with Crippen LogP contribution in [-0.2, 0) is 0 Å². The summed E-state index contributed by atoms with van der Waals surface area (Å²) in [7, 11) is 0. The topological polar surface area (TPSA) is 35.2 Å². The van der Waals surface area contributed by atoms with Gasteiger partial charge in [0.05, 0.1) is 6.04 Å². The van der Waals surface area contributed by atoms with E-state index < -0.39 is 0 Å². The molecule has 0 aliphatic rings. The smallest absolute Gasteiger partial charge is 0.119 e. The molecule has 0 heterocycles. The summed E-state index contributed by atoms with van der Waals surface area (Å²) in [6.45, 7) is 0.467. The second-order valence-corrected chi connectivity index (χ2v) is 5.22. The van der Waals surface area contributed by atoms with Crippen molar-refractivity contribution in [3.63, 3.8) is 0 Å². The summed E-state index contributed by atoms with van der Waals surface area (Å²) in [5, 5.41) is 0. The number of ether oxygens (including phenoxy) is 1. The standard InChI is InChI=1S/C20H19NO/c21-20(18-9-5-2-6-10-18)15-22-19-13-11-17(12-14-19)16-7-3-1-4-8-16/h1-14,20H,15,21H2. The van der Waals surface area contributed by atoms with Crippen LogP contribution < -0.4 is 10.5 Å². The van der Waals surface area contributed by atoms with Crippen LogP contribution in [0.4, 0.5) is 0 Å². The van der Waals surface area contributed by atoms with Gasteiger partial charge in [-0.25, -0.2) is 0 Å². The lowest BCUT2D eigenvalue weighted by atomic mass is 10.1. The Morgan fingerprint density at radius 1 is 0.682 bits per heavy atom. The summed E-state index contributed by atoms with van der Waals surface area (Å²) in [4.78, 5) is 0. The van der Waals surface area contributed by atoms with Gasteiger partial charge in [0.2, 0.25) is 0 Å². The lowest BCUT2D eigenvalue weighted by Gasteiger charge is -2.13. The molecule has 0 aliphatic carbocycles. The van der Waals surface area contributed by atoms with E-state index >= 15 is 0 Å². The first-order valence-electron chi connectivity index (χ1n) is 7.42. The Morgan fingerprint density at radius 3 is 1.86 bits per heavy atom. The summed E-state index contributed by atoms with van der Waals surface area (Å²) in [6, 6.07) is 28.3. The van der Waals surface area contributed by atoms with Crippen molar-refractivity contribution in [2.45, 2.75) is 6.04 Å². The molecule has 0 amide bonds. The number of hydrogen-bond donors (Lipinski definition) is 1. The van der Waals surface area contributed by atoms with Crippen LogP contribution >= 0.6 is 0 Å². The first-order valence-corrected chi connectivity index (χ1v) is 7.42. The molecular formula is C20H19NO. The highest BCUT2D eigenvalue weighted by atomic mass is 16.5. The number of rotatable bonds is 5. The van der Waals surface area contributed by atoms with Crippen molar-refractivity contribution in [2.75, 3.05) is 6.61 Å². The van der Waals surface area contributed by atoms with Gasteiger partial charge in [-0.15, -0.1) is 0 Å². The second-order valence-electron chi connectivity index (χ2n) is 5.22. The molecule has 0 fully saturated rings. The number of hydrogen-bond acceptors (Lipinski definition) is 2. The molecule has 110 valence electrons. The third-order valence-electron chi connectivity index (χ3n) is 3.62. The Balaban J connectivity index is 1.62. The first-order chi connectivity index (χ1) is 10.8. The third kappa shape index (κ3) is 3.54. The monoisotopic (exact) mass is 289 g/mol. The Labute approximate surface area is 131 Å². The predicted molar refractivity (Wildman–Crippen MR) is 90.7 cm³/mol. The molecule has 0 aromatic heterocycles. The fourth-order valence-corrected chi connectivity index (χ4v) is 2.36. The van der Waals surface area contributed by atoms with Gasteiger partial charge in [0.25, 0.3) is 0 Å². The molecule has 1 unspecified atom stereocenters. The maximum absolute atomic E-state index is 6.14. The zero-order valence-corrected chi connectivity index (χ0v) is 12.4. The van der Waals surface area contributed by atoms with Crippen molar-refractivity contribution >= 4 is 0 Å². The molecule has 0 radical (unpaired) electrons. The van der Waals surface area contributed by atoms with Crippen molar-refractivity contribution < 1.29 is 4.74 Å².